The number of hydrogen-bond acceptors (Lipinski definition) is 6. The summed E-state index contributed by atoms with van der Waals surface area (Å²) in [4.78, 5) is 60.2. The van der Waals surface area contributed by atoms with Crippen LogP contribution in [0.2, 0.25) is 0 Å². The summed E-state index contributed by atoms with van der Waals surface area (Å²) in [5.74, 6) is -0.119. The van der Waals surface area contributed by atoms with Crippen molar-refractivity contribution in [1.82, 2.24) is 25.3 Å². The Bertz CT molecular complexity index is 1310. The maximum atomic E-state index is 14.4. The normalized spacial score (nSPS) is 22.0. The van der Waals surface area contributed by atoms with Gasteiger partial charge in [-0.1, -0.05) is 61.7 Å². The van der Waals surface area contributed by atoms with Crippen LogP contribution >= 0.6 is 0 Å². The van der Waals surface area contributed by atoms with Crippen LogP contribution in [-0.4, -0.2) is 96.4 Å². The average Bonchev–Trinajstić information content (AvgIpc) is 3.39. The van der Waals surface area contributed by atoms with Crippen molar-refractivity contribution in [2.24, 2.45) is 5.92 Å². The summed E-state index contributed by atoms with van der Waals surface area (Å²) in [6.07, 6.45) is 5.22. The highest BCUT2D eigenvalue weighted by Gasteiger charge is 2.52. The molecular weight excluding hydrogens is 558 g/mol. The molecule has 3 fully saturated rings. The topological polar surface area (TPSA) is 111 Å². The van der Waals surface area contributed by atoms with Crippen LogP contribution in [0.25, 0.3) is 0 Å². The van der Waals surface area contributed by atoms with Crippen LogP contribution in [0.15, 0.2) is 54.6 Å². The Hall–Kier alpha value is -3.92. The van der Waals surface area contributed by atoms with Crippen LogP contribution in [-0.2, 0) is 32.0 Å². The first-order valence-electron chi connectivity index (χ1n) is 15.9. The summed E-state index contributed by atoms with van der Waals surface area (Å²) in [6, 6.07) is 15.6. The quantitative estimate of drug-likeness (QED) is 0.408. The van der Waals surface area contributed by atoms with Crippen LogP contribution in [0.5, 0.6) is 5.75 Å². The molecule has 2 aromatic carbocycles. The molecule has 3 aliphatic rings. The van der Waals surface area contributed by atoms with Gasteiger partial charge in [-0.2, -0.15) is 0 Å². The molecule has 1 aliphatic carbocycles. The van der Waals surface area contributed by atoms with Crippen LogP contribution in [0.4, 0.5) is 0 Å². The highest BCUT2D eigenvalue weighted by atomic mass is 16.5. The van der Waals surface area contributed by atoms with Crippen molar-refractivity contribution in [1.29, 1.82) is 0 Å². The SMILES string of the molecule is CN[C@@H](C)C(=O)N[C@H](C(=O)N1CC(=O)N2[C@@H]1CN(CCc1ccccc1)C(=O)[C@@H]2Cc1ccc(OC)cc1)C1CCCCC1. The Morgan fingerprint density at radius 3 is 2.34 bits per heavy atom. The fourth-order valence-corrected chi connectivity index (χ4v) is 6.78. The maximum Gasteiger partial charge on any atom is 0.247 e. The van der Waals surface area contributed by atoms with Gasteiger partial charge in [-0.25, -0.2) is 0 Å². The Labute approximate surface area is 260 Å². The van der Waals surface area contributed by atoms with Gasteiger partial charge in [0, 0.05) is 13.0 Å². The molecule has 10 nitrogen and oxygen atoms in total. The minimum absolute atomic E-state index is 0.00269. The summed E-state index contributed by atoms with van der Waals surface area (Å²) in [5.41, 5.74) is 2.02. The van der Waals surface area contributed by atoms with Gasteiger partial charge in [-0.3, -0.25) is 19.2 Å². The summed E-state index contributed by atoms with van der Waals surface area (Å²) in [5, 5.41) is 5.99. The number of amides is 4. The minimum Gasteiger partial charge on any atom is -0.497 e. The molecule has 0 radical (unpaired) electrons. The molecule has 0 aromatic heterocycles. The zero-order valence-electron chi connectivity index (χ0n) is 26.0. The average molecular weight is 604 g/mol. The second-order valence-corrected chi connectivity index (χ2v) is 12.2. The second-order valence-electron chi connectivity index (χ2n) is 12.2. The van der Waals surface area contributed by atoms with Crippen molar-refractivity contribution < 1.29 is 23.9 Å². The number of nitrogens with zero attached hydrogens (tertiary/aromatic N) is 3. The monoisotopic (exact) mass is 603 g/mol. The van der Waals surface area contributed by atoms with E-state index in [9.17, 15) is 19.2 Å². The molecule has 1 saturated carbocycles. The van der Waals surface area contributed by atoms with Gasteiger partial charge in [0.1, 0.15) is 30.5 Å². The number of methoxy groups -OCH3 is 1. The van der Waals surface area contributed by atoms with Crippen molar-refractivity contribution >= 4 is 23.6 Å². The van der Waals surface area contributed by atoms with Crippen molar-refractivity contribution in [3.05, 3.63) is 65.7 Å². The number of hydrogen-bond donors (Lipinski definition) is 2. The largest absolute Gasteiger partial charge is 0.497 e. The minimum atomic E-state index is -0.741. The smallest absolute Gasteiger partial charge is 0.247 e. The van der Waals surface area contributed by atoms with E-state index in [1.54, 1.807) is 35.8 Å². The number of benzene rings is 2. The number of nitrogens with one attached hydrogen (secondary N) is 2. The Balaban J connectivity index is 1.43. The molecular formula is C34H45N5O5. The molecule has 2 aliphatic heterocycles. The van der Waals surface area contributed by atoms with E-state index >= 15 is 0 Å². The number of piperazine rings is 1. The van der Waals surface area contributed by atoms with Gasteiger partial charge in [0.05, 0.1) is 19.7 Å². The Kier molecular flexibility index (Phi) is 10.2. The van der Waals surface area contributed by atoms with Crippen LogP contribution in [0.3, 0.4) is 0 Å². The number of fused-ring (bicyclic) bond motifs is 1. The lowest BCUT2D eigenvalue weighted by Gasteiger charge is -2.45. The first-order valence-corrected chi connectivity index (χ1v) is 15.9. The highest BCUT2D eigenvalue weighted by Crippen LogP contribution is 2.32. The van der Waals surface area contributed by atoms with E-state index in [4.69, 9.17) is 4.74 Å². The van der Waals surface area contributed by atoms with Crippen LogP contribution < -0.4 is 15.4 Å². The lowest BCUT2D eigenvalue weighted by atomic mass is 9.83. The molecule has 2 heterocycles. The van der Waals surface area contributed by atoms with Gasteiger partial charge >= 0.3 is 0 Å². The molecule has 10 heteroatoms. The van der Waals surface area contributed by atoms with Crippen molar-refractivity contribution in [2.45, 2.75) is 76.2 Å². The predicted octanol–water partition coefficient (Wildman–Crippen LogP) is 2.36. The summed E-state index contributed by atoms with van der Waals surface area (Å²) in [6.45, 7) is 2.37. The van der Waals surface area contributed by atoms with E-state index < -0.39 is 24.3 Å². The first kappa shape index (κ1) is 31.5. The molecule has 4 amide bonds. The fourth-order valence-electron chi connectivity index (χ4n) is 6.78. The van der Waals surface area contributed by atoms with Crippen molar-refractivity contribution in [3.8, 4) is 5.75 Å². The third-order valence-electron chi connectivity index (χ3n) is 9.49. The van der Waals surface area contributed by atoms with Gasteiger partial charge in [0.25, 0.3) is 0 Å². The highest BCUT2D eigenvalue weighted by molar-refractivity contribution is 5.97. The van der Waals surface area contributed by atoms with Crippen molar-refractivity contribution in [3.63, 3.8) is 0 Å². The predicted molar refractivity (Wildman–Crippen MR) is 167 cm³/mol. The molecule has 44 heavy (non-hydrogen) atoms. The molecule has 4 atom stereocenters. The molecule has 0 spiro atoms. The van der Waals surface area contributed by atoms with Gasteiger partial charge < -0.3 is 30.1 Å². The van der Waals surface area contributed by atoms with E-state index in [0.29, 0.717) is 25.1 Å². The third kappa shape index (κ3) is 6.90. The molecule has 0 unspecified atom stereocenters. The third-order valence-corrected chi connectivity index (χ3v) is 9.49. The van der Waals surface area contributed by atoms with Gasteiger partial charge in [0.2, 0.25) is 23.6 Å². The number of rotatable bonds is 11. The van der Waals surface area contributed by atoms with Crippen LogP contribution in [0.1, 0.15) is 50.2 Å². The van der Waals surface area contributed by atoms with Gasteiger partial charge in [-0.05, 0) is 62.4 Å². The van der Waals surface area contributed by atoms with E-state index in [1.165, 1.54) is 0 Å². The van der Waals surface area contributed by atoms with E-state index in [2.05, 4.69) is 10.6 Å². The molecule has 0 bridgehead atoms. The number of likely N-dealkylation sites (N-methyl/N-ethyl adjacent to an activating group) is 1. The zero-order valence-corrected chi connectivity index (χ0v) is 26.0. The summed E-state index contributed by atoms with van der Waals surface area (Å²) >= 11 is 0. The number of carbonyl (C=O) groups excluding carboxylic acids is 4. The van der Waals surface area contributed by atoms with Crippen LogP contribution in [0, 0.1) is 5.92 Å². The summed E-state index contributed by atoms with van der Waals surface area (Å²) in [7, 11) is 3.32. The summed E-state index contributed by atoms with van der Waals surface area (Å²) < 4.78 is 5.30. The maximum absolute atomic E-state index is 14.4. The van der Waals surface area contributed by atoms with Gasteiger partial charge in [0.15, 0.2) is 0 Å². The number of carbonyl (C=O) groups is 4. The fraction of sp³-hybridized carbons (Fsp3) is 0.529. The van der Waals surface area contributed by atoms with Gasteiger partial charge in [-0.15, -0.1) is 0 Å². The molecule has 236 valence electrons. The standard InChI is InChI=1S/C34H45N5O5/c1-23(35-2)32(41)36-31(26-12-8-5-9-13-26)34(43)38-22-30(40)39-28(20-25-14-16-27(44-3)17-15-25)33(42)37(21-29(38)39)19-18-24-10-6-4-7-11-24/h4,6-7,10-11,14-17,23,26,28-29,31,35H,5,8-9,12-13,18-22H2,1-3H3,(H,36,41)/t23-,28-,29+,31-/m0/s1. The number of ether oxygens (including phenoxy) is 1. The lowest BCUT2D eigenvalue weighted by Crippen LogP contribution is -2.66. The van der Waals surface area contributed by atoms with Crippen molar-refractivity contribution in [2.75, 3.05) is 33.8 Å². The zero-order chi connectivity index (χ0) is 31.2. The Morgan fingerprint density at radius 1 is 0.977 bits per heavy atom. The molecule has 2 saturated heterocycles. The van der Waals surface area contributed by atoms with E-state index in [1.807, 2.05) is 54.6 Å². The first-order chi connectivity index (χ1) is 21.3. The molecule has 2 aromatic rings. The molecule has 5 rings (SSSR count). The van der Waals surface area contributed by atoms with E-state index in [0.717, 1.165) is 43.2 Å². The second kappa shape index (κ2) is 14.2. The van der Waals surface area contributed by atoms with E-state index in [-0.39, 0.29) is 42.6 Å². The lowest BCUT2D eigenvalue weighted by molar-refractivity contribution is -0.156. The molecule has 2 N–H and O–H groups in total. The Morgan fingerprint density at radius 2 is 1.68 bits per heavy atom.